The molecular formula is C21H18ClN3O3. The molecule has 0 spiro atoms. The average Bonchev–Trinajstić information content (AvgIpc) is 2.96. The molecule has 0 fully saturated rings. The first-order valence-corrected chi connectivity index (χ1v) is 9.05. The van der Waals surface area contributed by atoms with Crippen LogP contribution in [0.25, 0.3) is 6.08 Å². The average molecular weight is 396 g/mol. The van der Waals surface area contributed by atoms with E-state index < -0.39 is 0 Å². The highest BCUT2D eigenvalue weighted by Gasteiger charge is 2.29. The lowest BCUT2D eigenvalue weighted by Gasteiger charge is -2.13. The third-order valence-electron chi connectivity index (χ3n) is 4.01. The number of para-hydroxylation sites is 1. The van der Waals surface area contributed by atoms with Gasteiger partial charge in [0.25, 0.3) is 5.91 Å². The highest BCUT2D eigenvalue weighted by Crippen LogP contribution is 2.32. The lowest BCUT2D eigenvalue weighted by atomic mass is 10.1. The van der Waals surface area contributed by atoms with Gasteiger partial charge in [0, 0.05) is 0 Å². The predicted molar refractivity (Wildman–Crippen MR) is 109 cm³/mol. The number of carbonyl (C=O) groups is 1. The SMILES string of the molecule is CCOc1cc(C=C2C(=O)N(c3ccccc3Cl)N=C2C)ccc1OCC#N. The highest BCUT2D eigenvalue weighted by molar-refractivity contribution is 6.37. The summed E-state index contributed by atoms with van der Waals surface area (Å²) in [6.07, 6.45) is 1.74. The minimum Gasteiger partial charge on any atom is -0.490 e. The highest BCUT2D eigenvalue weighted by atomic mass is 35.5. The van der Waals surface area contributed by atoms with E-state index in [1.807, 2.05) is 13.0 Å². The van der Waals surface area contributed by atoms with Gasteiger partial charge in [0.1, 0.15) is 6.07 Å². The number of amides is 1. The van der Waals surface area contributed by atoms with E-state index in [4.69, 9.17) is 26.3 Å². The normalized spacial score (nSPS) is 14.8. The summed E-state index contributed by atoms with van der Waals surface area (Å²) in [5, 5.41) is 14.8. The minimum absolute atomic E-state index is 0.0719. The molecule has 142 valence electrons. The second-order valence-electron chi connectivity index (χ2n) is 5.90. The van der Waals surface area contributed by atoms with E-state index >= 15 is 0 Å². The van der Waals surface area contributed by atoms with Crippen molar-refractivity contribution in [3.63, 3.8) is 0 Å². The van der Waals surface area contributed by atoms with Crippen molar-refractivity contribution in [2.75, 3.05) is 18.2 Å². The van der Waals surface area contributed by atoms with Crippen molar-refractivity contribution in [3.05, 3.63) is 58.6 Å². The maximum atomic E-state index is 12.9. The number of nitriles is 1. The zero-order valence-corrected chi connectivity index (χ0v) is 16.2. The Bertz CT molecular complexity index is 1010. The quantitative estimate of drug-likeness (QED) is 0.677. The summed E-state index contributed by atoms with van der Waals surface area (Å²) in [4.78, 5) is 12.9. The molecule has 1 heterocycles. The van der Waals surface area contributed by atoms with E-state index in [0.29, 0.717) is 40.1 Å². The predicted octanol–water partition coefficient (Wildman–Crippen LogP) is 4.45. The molecule has 6 nitrogen and oxygen atoms in total. The number of rotatable bonds is 6. The number of benzene rings is 2. The zero-order chi connectivity index (χ0) is 20.1. The molecule has 28 heavy (non-hydrogen) atoms. The van der Waals surface area contributed by atoms with Crippen LogP contribution in [0.1, 0.15) is 19.4 Å². The lowest BCUT2D eigenvalue weighted by Crippen LogP contribution is -2.21. The van der Waals surface area contributed by atoms with Crippen molar-refractivity contribution < 1.29 is 14.3 Å². The van der Waals surface area contributed by atoms with Crippen molar-refractivity contribution in [1.29, 1.82) is 5.26 Å². The molecule has 0 saturated carbocycles. The van der Waals surface area contributed by atoms with Crippen LogP contribution in [0.4, 0.5) is 5.69 Å². The van der Waals surface area contributed by atoms with Gasteiger partial charge in [-0.25, -0.2) is 0 Å². The summed E-state index contributed by atoms with van der Waals surface area (Å²) < 4.78 is 11.0. The third kappa shape index (κ3) is 4.00. The van der Waals surface area contributed by atoms with Crippen LogP contribution in [-0.2, 0) is 4.79 Å². The molecule has 1 aliphatic rings. The molecule has 3 rings (SSSR count). The summed E-state index contributed by atoms with van der Waals surface area (Å²) in [5.74, 6) is 0.731. The van der Waals surface area contributed by atoms with Crippen molar-refractivity contribution in [1.82, 2.24) is 0 Å². The number of hydrogen-bond donors (Lipinski definition) is 0. The van der Waals surface area contributed by atoms with Crippen LogP contribution in [0.15, 0.2) is 53.1 Å². The molecule has 1 amide bonds. The van der Waals surface area contributed by atoms with E-state index in [9.17, 15) is 4.79 Å². The first-order chi connectivity index (χ1) is 13.5. The van der Waals surface area contributed by atoms with Gasteiger partial charge in [-0.15, -0.1) is 0 Å². The molecule has 0 radical (unpaired) electrons. The van der Waals surface area contributed by atoms with E-state index in [-0.39, 0.29) is 12.5 Å². The van der Waals surface area contributed by atoms with E-state index in [0.717, 1.165) is 5.56 Å². The second kappa shape index (κ2) is 8.59. The molecule has 1 aliphatic heterocycles. The molecule has 0 aromatic heterocycles. The lowest BCUT2D eigenvalue weighted by molar-refractivity contribution is -0.114. The molecule has 0 aliphatic carbocycles. The van der Waals surface area contributed by atoms with Gasteiger partial charge in [-0.3, -0.25) is 4.79 Å². The van der Waals surface area contributed by atoms with Crippen molar-refractivity contribution in [2.24, 2.45) is 5.10 Å². The van der Waals surface area contributed by atoms with E-state index in [1.54, 1.807) is 55.5 Å². The van der Waals surface area contributed by atoms with Gasteiger partial charge < -0.3 is 9.47 Å². The van der Waals surface area contributed by atoms with Gasteiger partial charge in [0.2, 0.25) is 0 Å². The Labute approximate surface area is 168 Å². The summed E-state index contributed by atoms with van der Waals surface area (Å²) in [6, 6.07) is 14.3. The fourth-order valence-electron chi connectivity index (χ4n) is 2.75. The van der Waals surface area contributed by atoms with Crippen LogP contribution in [0.2, 0.25) is 5.02 Å². The van der Waals surface area contributed by atoms with Gasteiger partial charge in [-0.05, 0) is 49.8 Å². The Morgan fingerprint density at radius 2 is 2.00 bits per heavy atom. The molecule has 0 unspecified atom stereocenters. The molecule has 7 heteroatoms. The Hall–Kier alpha value is -3.30. The topological polar surface area (TPSA) is 74.9 Å². The monoisotopic (exact) mass is 395 g/mol. The standard InChI is InChI=1S/C21H18ClN3O3/c1-3-27-20-13-15(8-9-19(20)28-11-10-23)12-16-14(2)24-25(21(16)26)18-7-5-4-6-17(18)22/h4-9,12-13H,3,11H2,1-2H3. The van der Waals surface area contributed by atoms with Gasteiger partial charge >= 0.3 is 0 Å². The summed E-state index contributed by atoms with van der Waals surface area (Å²) >= 11 is 6.20. The smallest absolute Gasteiger partial charge is 0.280 e. The molecule has 0 bridgehead atoms. The van der Waals surface area contributed by atoms with Crippen molar-refractivity contribution >= 4 is 35.0 Å². The molecule has 0 N–H and O–H groups in total. The second-order valence-corrected chi connectivity index (χ2v) is 6.30. The van der Waals surface area contributed by atoms with Crippen LogP contribution in [0.3, 0.4) is 0 Å². The number of halogens is 1. The maximum Gasteiger partial charge on any atom is 0.280 e. The van der Waals surface area contributed by atoms with Crippen LogP contribution in [0.5, 0.6) is 11.5 Å². The van der Waals surface area contributed by atoms with Crippen LogP contribution >= 0.6 is 11.6 Å². The number of hydrogen-bond acceptors (Lipinski definition) is 5. The van der Waals surface area contributed by atoms with Gasteiger partial charge in [0.15, 0.2) is 18.1 Å². The molecule has 2 aromatic carbocycles. The number of nitrogens with zero attached hydrogens (tertiary/aromatic N) is 3. The summed E-state index contributed by atoms with van der Waals surface area (Å²) in [6.45, 7) is 4.01. The summed E-state index contributed by atoms with van der Waals surface area (Å²) in [5.41, 5.74) is 2.35. The van der Waals surface area contributed by atoms with Crippen LogP contribution in [-0.4, -0.2) is 24.8 Å². The largest absolute Gasteiger partial charge is 0.490 e. The summed E-state index contributed by atoms with van der Waals surface area (Å²) in [7, 11) is 0. The Kier molecular flexibility index (Phi) is 5.97. The fraction of sp³-hybridized carbons (Fsp3) is 0.190. The van der Waals surface area contributed by atoms with E-state index in [1.165, 1.54) is 5.01 Å². The Balaban J connectivity index is 1.92. The zero-order valence-electron chi connectivity index (χ0n) is 15.5. The van der Waals surface area contributed by atoms with Gasteiger partial charge in [-0.1, -0.05) is 29.8 Å². The third-order valence-corrected chi connectivity index (χ3v) is 4.33. The minimum atomic E-state index is -0.256. The van der Waals surface area contributed by atoms with Crippen molar-refractivity contribution in [3.8, 4) is 17.6 Å². The molecule has 2 aromatic rings. The number of anilines is 1. The van der Waals surface area contributed by atoms with Crippen LogP contribution in [0, 0.1) is 11.3 Å². The number of ether oxygens (including phenoxy) is 2. The number of carbonyl (C=O) groups excluding carboxylic acids is 1. The maximum absolute atomic E-state index is 12.9. The fourth-order valence-corrected chi connectivity index (χ4v) is 2.97. The molecule has 0 saturated heterocycles. The first kappa shape index (κ1) is 19.5. The molecular weight excluding hydrogens is 378 g/mol. The Morgan fingerprint density at radius 3 is 2.71 bits per heavy atom. The van der Waals surface area contributed by atoms with E-state index in [2.05, 4.69) is 5.10 Å². The van der Waals surface area contributed by atoms with Crippen LogP contribution < -0.4 is 14.5 Å². The molecule has 0 atom stereocenters. The Morgan fingerprint density at radius 1 is 1.21 bits per heavy atom. The van der Waals surface area contributed by atoms with Gasteiger partial charge in [0.05, 0.1) is 28.6 Å². The van der Waals surface area contributed by atoms with Gasteiger partial charge in [-0.2, -0.15) is 15.4 Å². The van der Waals surface area contributed by atoms with Crippen molar-refractivity contribution in [2.45, 2.75) is 13.8 Å². The number of hydrazone groups is 1. The first-order valence-electron chi connectivity index (χ1n) is 8.68.